The Morgan fingerprint density at radius 3 is 2.32 bits per heavy atom. The van der Waals surface area contributed by atoms with E-state index in [0.717, 1.165) is 0 Å². The number of nitrogens with zero attached hydrogens (tertiary/aromatic N) is 1. The summed E-state index contributed by atoms with van der Waals surface area (Å²) in [7, 11) is -3.18. The summed E-state index contributed by atoms with van der Waals surface area (Å²) in [6, 6.07) is -0.509. The zero-order chi connectivity index (χ0) is 16.0. The number of halogens is 1. The fourth-order valence-electron chi connectivity index (χ4n) is 2.64. The van der Waals surface area contributed by atoms with Crippen LogP contribution in [0.4, 0.5) is 0 Å². The summed E-state index contributed by atoms with van der Waals surface area (Å²) in [5.74, 6) is 0.534. The molecule has 0 aliphatic carbocycles. The van der Waals surface area contributed by atoms with Crippen molar-refractivity contribution < 1.29 is 13.2 Å². The lowest BCUT2D eigenvalue weighted by Crippen LogP contribution is -2.51. The first-order valence-corrected chi connectivity index (χ1v) is 9.44. The summed E-state index contributed by atoms with van der Waals surface area (Å²) in [4.78, 5) is 14.0. The summed E-state index contributed by atoms with van der Waals surface area (Å²) >= 11 is 0. The molecule has 0 unspecified atom stereocenters. The Morgan fingerprint density at radius 1 is 1.32 bits per heavy atom. The molecule has 3 N–H and O–H groups in total. The van der Waals surface area contributed by atoms with E-state index in [9.17, 15) is 13.2 Å². The average molecular weight is 356 g/mol. The molecule has 0 aromatic rings. The molecule has 0 saturated carbocycles. The third kappa shape index (κ3) is 7.26. The lowest BCUT2D eigenvalue weighted by molar-refractivity contribution is -0.134. The predicted molar refractivity (Wildman–Crippen MR) is 91.5 cm³/mol. The molecule has 1 atom stereocenters. The number of likely N-dealkylation sites (tertiary alicyclic amines) is 1. The number of piperidine rings is 1. The van der Waals surface area contributed by atoms with Gasteiger partial charge in [-0.1, -0.05) is 20.8 Å². The highest BCUT2D eigenvalue weighted by Gasteiger charge is 2.28. The minimum Gasteiger partial charge on any atom is -0.341 e. The van der Waals surface area contributed by atoms with Crippen LogP contribution in [0.2, 0.25) is 0 Å². The monoisotopic (exact) mass is 355 g/mol. The van der Waals surface area contributed by atoms with Crippen molar-refractivity contribution in [3.05, 3.63) is 0 Å². The third-order valence-electron chi connectivity index (χ3n) is 3.67. The molecule has 1 fully saturated rings. The summed E-state index contributed by atoms with van der Waals surface area (Å²) < 4.78 is 26.2. The summed E-state index contributed by atoms with van der Waals surface area (Å²) in [6.45, 7) is 7.08. The van der Waals surface area contributed by atoms with Gasteiger partial charge in [0.15, 0.2) is 0 Å². The molecular formula is C14H30ClN3O3S. The van der Waals surface area contributed by atoms with E-state index in [-0.39, 0.29) is 30.1 Å². The van der Waals surface area contributed by atoms with Gasteiger partial charge in [-0.3, -0.25) is 4.79 Å². The van der Waals surface area contributed by atoms with Crippen LogP contribution in [-0.2, 0) is 14.8 Å². The number of sulfonamides is 1. The molecule has 132 valence electrons. The number of hydrogen-bond donors (Lipinski definition) is 2. The first kappa shape index (κ1) is 21.6. The van der Waals surface area contributed by atoms with Crippen molar-refractivity contribution in [3.63, 3.8) is 0 Å². The molecule has 0 spiro atoms. The topological polar surface area (TPSA) is 92.5 Å². The van der Waals surface area contributed by atoms with Crippen LogP contribution in [0.5, 0.6) is 0 Å². The Balaban J connectivity index is 0.00000441. The molecule has 0 radical (unpaired) electrons. The quantitative estimate of drug-likeness (QED) is 0.715. The van der Waals surface area contributed by atoms with Crippen LogP contribution in [0.15, 0.2) is 0 Å². The molecule has 1 heterocycles. The van der Waals surface area contributed by atoms with Gasteiger partial charge < -0.3 is 10.6 Å². The van der Waals surface area contributed by atoms with Crippen molar-refractivity contribution in [2.75, 3.05) is 18.8 Å². The molecule has 1 aliphatic rings. The van der Waals surface area contributed by atoms with Crippen molar-refractivity contribution >= 4 is 28.3 Å². The van der Waals surface area contributed by atoms with Crippen LogP contribution in [0.3, 0.4) is 0 Å². The lowest BCUT2D eigenvalue weighted by atomic mass is 10.0. The molecule has 6 nitrogen and oxygen atoms in total. The van der Waals surface area contributed by atoms with E-state index >= 15 is 0 Å². The summed E-state index contributed by atoms with van der Waals surface area (Å²) in [5, 5.41) is 0. The summed E-state index contributed by atoms with van der Waals surface area (Å²) in [6.07, 6.45) is 2.60. The molecule has 22 heavy (non-hydrogen) atoms. The maximum atomic E-state index is 12.2. The fourth-order valence-corrected chi connectivity index (χ4v) is 4.04. The molecule has 0 bridgehead atoms. The second kappa shape index (κ2) is 9.70. The van der Waals surface area contributed by atoms with Crippen LogP contribution in [0, 0.1) is 5.92 Å². The van der Waals surface area contributed by atoms with Gasteiger partial charge in [-0.05, 0) is 31.6 Å². The molecular weight excluding hydrogens is 326 g/mol. The zero-order valence-corrected chi connectivity index (χ0v) is 15.4. The van der Waals surface area contributed by atoms with Gasteiger partial charge in [0.25, 0.3) is 0 Å². The minimum atomic E-state index is -3.18. The lowest BCUT2D eigenvalue weighted by Gasteiger charge is -2.34. The molecule has 8 heteroatoms. The maximum absolute atomic E-state index is 12.2. The van der Waals surface area contributed by atoms with Gasteiger partial charge in [-0.25, -0.2) is 13.1 Å². The Morgan fingerprint density at radius 2 is 1.86 bits per heavy atom. The second-order valence-electron chi connectivity index (χ2n) is 6.27. The van der Waals surface area contributed by atoms with Crippen molar-refractivity contribution in [1.29, 1.82) is 0 Å². The highest BCUT2D eigenvalue weighted by molar-refractivity contribution is 7.89. The van der Waals surface area contributed by atoms with E-state index in [4.69, 9.17) is 5.73 Å². The number of carbonyl (C=O) groups excluding carboxylic acids is 1. The van der Waals surface area contributed by atoms with Crippen LogP contribution in [0.1, 0.15) is 46.5 Å². The largest absolute Gasteiger partial charge is 0.341 e. The zero-order valence-electron chi connectivity index (χ0n) is 13.7. The van der Waals surface area contributed by atoms with E-state index in [1.54, 1.807) is 4.90 Å². The van der Waals surface area contributed by atoms with Gasteiger partial charge in [0.1, 0.15) is 0 Å². The smallest absolute Gasteiger partial charge is 0.239 e. The number of amides is 1. The second-order valence-corrected chi connectivity index (χ2v) is 8.15. The van der Waals surface area contributed by atoms with Crippen molar-refractivity contribution in [2.24, 2.45) is 11.7 Å². The molecule has 0 aromatic heterocycles. The van der Waals surface area contributed by atoms with E-state index in [1.165, 1.54) is 0 Å². The SMILES string of the molecule is CCCS(=O)(=O)NC1CCN(C(=O)[C@@H](N)CC(C)C)CC1.Cl. The third-order valence-corrected chi connectivity index (χ3v) is 5.31. The number of rotatable bonds is 7. The number of nitrogens with one attached hydrogen (secondary N) is 1. The molecule has 0 aromatic carbocycles. The van der Waals surface area contributed by atoms with E-state index in [0.29, 0.717) is 44.7 Å². The Kier molecular flexibility index (Phi) is 9.54. The van der Waals surface area contributed by atoms with Crippen molar-refractivity contribution in [1.82, 2.24) is 9.62 Å². The van der Waals surface area contributed by atoms with Gasteiger partial charge in [-0.2, -0.15) is 0 Å². The Labute approximate surface area is 140 Å². The van der Waals surface area contributed by atoms with Gasteiger partial charge in [-0.15, -0.1) is 12.4 Å². The maximum Gasteiger partial charge on any atom is 0.239 e. The van der Waals surface area contributed by atoms with E-state index in [2.05, 4.69) is 4.72 Å². The highest BCUT2D eigenvalue weighted by atomic mass is 35.5. The standard InChI is InChI=1S/C14H29N3O3S.ClH/c1-4-9-21(19,20)16-12-5-7-17(8-6-12)14(18)13(15)10-11(2)3;/h11-13,16H,4-10,15H2,1-3H3;1H/t13-;/m0./s1. The Hall–Kier alpha value is -0.370. The summed E-state index contributed by atoms with van der Waals surface area (Å²) in [5.41, 5.74) is 5.92. The minimum absolute atomic E-state index is 0. The van der Waals surface area contributed by atoms with Crippen LogP contribution < -0.4 is 10.5 Å². The highest BCUT2D eigenvalue weighted by Crippen LogP contribution is 2.14. The number of nitrogens with two attached hydrogens (primary N) is 1. The average Bonchev–Trinajstić information content (AvgIpc) is 2.37. The van der Waals surface area contributed by atoms with Crippen molar-refractivity contribution in [3.8, 4) is 0 Å². The molecule has 1 rings (SSSR count). The van der Waals surface area contributed by atoms with Gasteiger partial charge in [0, 0.05) is 19.1 Å². The van der Waals surface area contributed by atoms with Crippen LogP contribution in [0.25, 0.3) is 0 Å². The Bertz CT molecular complexity index is 435. The van der Waals surface area contributed by atoms with Crippen molar-refractivity contribution in [2.45, 2.75) is 58.5 Å². The molecule has 1 amide bonds. The van der Waals surface area contributed by atoms with Crippen LogP contribution >= 0.6 is 12.4 Å². The first-order valence-electron chi connectivity index (χ1n) is 7.79. The molecule has 1 aliphatic heterocycles. The number of carbonyl (C=O) groups is 1. The van der Waals surface area contributed by atoms with E-state index < -0.39 is 16.1 Å². The van der Waals surface area contributed by atoms with E-state index in [1.807, 2.05) is 20.8 Å². The van der Waals surface area contributed by atoms with Gasteiger partial charge >= 0.3 is 0 Å². The molecule has 1 saturated heterocycles. The predicted octanol–water partition coefficient (Wildman–Crippen LogP) is 1.10. The normalized spacial score (nSPS) is 18.1. The van der Waals surface area contributed by atoms with Gasteiger partial charge in [0.2, 0.25) is 15.9 Å². The van der Waals surface area contributed by atoms with Gasteiger partial charge in [0.05, 0.1) is 11.8 Å². The first-order chi connectivity index (χ1) is 9.75. The number of hydrogen-bond acceptors (Lipinski definition) is 4. The van der Waals surface area contributed by atoms with Crippen LogP contribution in [-0.4, -0.2) is 50.2 Å². The fraction of sp³-hybridized carbons (Fsp3) is 0.929.